The molecular formula is C18H21N3O2. The second-order valence-corrected chi connectivity index (χ2v) is 6.16. The lowest BCUT2D eigenvalue weighted by atomic mass is 9.87. The Balaban J connectivity index is 1.92. The van der Waals surface area contributed by atoms with E-state index in [1.165, 1.54) is 0 Å². The summed E-state index contributed by atoms with van der Waals surface area (Å²) in [5, 5.41) is 13.1. The number of hydrogen-bond acceptors (Lipinski definition) is 3. The summed E-state index contributed by atoms with van der Waals surface area (Å²) in [6.45, 7) is 0.248. The number of aryl methyl sites for hydroxylation is 1. The average Bonchev–Trinajstić information content (AvgIpc) is 3.17. The van der Waals surface area contributed by atoms with E-state index < -0.39 is 0 Å². The van der Waals surface area contributed by atoms with Gasteiger partial charge in [-0.05, 0) is 36.5 Å². The van der Waals surface area contributed by atoms with Gasteiger partial charge in [0.1, 0.15) is 12.8 Å². The Morgan fingerprint density at radius 1 is 1.48 bits per heavy atom. The molecule has 3 rings (SSSR count). The van der Waals surface area contributed by atoms with Crippen LogP contribution in [0.1, 0.15) is 36.3 Å². The Bertz CT molecular complexity index is 772. The zero-order valence-corrected chi connectivity index (χ0v) is 13.5. The normalized spacial score (nSPS) is 20.6. The lowest BCUT2D eigenvalue weighted by molar-refractivity contribution is -0.126. The molecule has 23 heavy (non-hydrogen) atoms. The molecule has 1 aromatic carbocycles. The highest BCUT2D eigenvalue weighted by Gasteiger charge is 2.34. The highest BCUT2D eigenvalue weighted by molar-refractivity contribution is 5.87. The Kier molecular flexibility index (Phi) is 4.35. The molecule has 0 bridgehead atoms. The monoisotopic (exact) mass is 311 g/mol. The molecule has 0 radical (unpaired) electrons. The molecule has 1 heterocycles. The maximum absolute atomic E-state index is 12.3. The van der Waals surface area contributed by atoms with Crippen molar-refractivity contribution in [3.63, 3.8) is 0 Å². The molecule has 1 aromatic heterocycles. The Hall–Kier alpha value is -2.32. The van der Waals surface area contributed by atoms with Gasteiger partial charge in [0, 0.05) is 37.2 Å². The number of amides is 1. The minimum absolute atomic E-state index is 0.0168. The first-order valence-electron chi connectivity index (χ1n) is 7.91. The van der Waals surface area contributed by atoms with E-state index in [9.17, 15) is 10.1 Å². The van der Waals surface area contributed by atoms with Gasteiger partial charge in [0.15, 0.2) is 0 Å². The van der Waals surface area contributed by atoms with Crippen LogP contribution in [-0.4, -0.2) is 24.3 Å². The first-order chi connectivity index (χ1) is 11.2. The molecule has 5 heteroatoms. The van der Waals surface area contributed by atoms with Crippen molar-refractivity contribution in [3.8, 4) is 6.07 Å². The molecule has 0 aliphatic heterocycles. The minimum atomic E-state index is -0.0168. The van der Waals surface area contributed by atoms with Crippen molar-refractivity contribution in [1.29, 1.82) is 5.26 Å². The van der Waals surface area contributed by atoms with Crippen LogP contribution < -0.4 is 5.32 Å². The van der Waals surface area contributed by atoms with Crippen LogP contribution in [0.2, 0.25) is 0 Å². The van der Waals surface area contributed by atoms with Crippen LogP contribution >= 0.6 is 0 Å². The molecule has 1 aliphatic carbocycles. The first kappa shape index (κ1) is 15.6. The fourth-order valence-corrected chi connectivity index (χ4v) is 3.68. The SMILES string of the molecule is COCNC(=O)[C@@H]1CCC[C@H]1c1ccc2c(c1)c(C#N)cn2C. The zero-order chi connectivity index (χ0) is 16.4. The number of carbonyl (C=O) groups excluding carboxylic acids is 1. The van der Waals surface area contributed by atoms with Crippen LogP contribution in [0.5, 0.6) is 0 Å². The molecule has 2 aromatic rings. The largest absolute Gasteiger partial charge is 0.364 e. The minimum Gasteiger partial charge on any atom is -0.364 e. The van der Waals surface area contributed by atoms with Crippen LogP contribution in [-0.2, 0) is 16.6 Å². The van der Waals surface area contributed by atoms with Crippen molar-refractivity contribution in [2.75, 3.05) is 13.8 Å². The number of aromatic nitrogens is 1. The van der Waals surface area contributed by atoms with Gasteiger partial charge < -0.3 is 14.6 Å². The maximum atomic E-state index is 12.3. The smallest absolute Gasteiger partial charge is 0.225 e. The molecule has 120 valence electrons. The topological polar surface area (TPSA) is 67.0 Å². The molecule has 0 unspecified atom stereocenters. The van der Waals surface area contributed by atoms with Crippen molar-refractivity contribution < 1.29 is 9.53 Å². The number of nitriles is 1. The number of ether oxygens (including phenoxy) is 1. The van der Waals surface area contributed by atoms with Crippen molar-refractivity contribution in [1.82, 2.24) is 9.88 Å². The quantitative estimate of drug-likeness (QED) is 0.883. The molecule has 1 fully saturated rings. The molecule has 2 atom stereocenters. The van der Waals surface area contributed by atoms with Gasteiger partial charge in [-0.15, -0.1) is 0 Å². The van der Waals surface area contributed by atoms with Crippen LogP contribution in [0.15, 0.2) is 24.4 Å². The third kappa shape index (κ3) is 2.82. The second kappa shape index (κ2) is 6.43. The number of nitrogens with zero attached hydrogens (tertiary/aromatic N) is 2. The van der Waals surface area contributed by atoms with E-state index in [1.54, 1.807) is 7.11 Å². The number of hydrogen-bond donors (Lipinski definition) is 1. The van der Waals surface area contributed by atoms with Crippen molar-refractivity contribution in [2.24, 2.45) is 13.0 Å². The highest BCUT2D eigenvalue weighted by atomic mass is 16.5. The summed E-state index contributed by atoms with van der Waals surface area (Å²) in [4.78, 5) is 12.3. The summed E-state index contributed by atoms with van der Waals surface area (Å²) < 4.78 is 6.90. The standard InChI is InChI=1S/C18H21N3O2/c1-21-10-13(9-19)16-8-12(6-7-17(16)21)14-4-3-5-15(14)18(22)20-11-23-2/h6-8,10,14-15H,3-5,11H2,1-2H3,(H,20,22)/t14-,15+/m0/s1. The highest BCUT2D eigenvalue weighted by Crippen LogP contribution is 2.40. The molecule has 0 saturated heterocycles. The number of fused-ring (bicyclic) bond motifs is 1. The van der Waals surface area contributed by atoms with Gasteiger partial charge in [-0.1, -0.05) is 12.5 Å². The van der Waals surface area contributed by atoms with E-state index in [0.717, 1.165) is 35.7 Å². The summed E-state index contributed by atoms with van der Waals surface area (Å²) >= 11 is 0. The van der Waals surface area contributed by atoms with Crippen LogP contribution in [0, 0.1) is 17.2 Å². The maximum Gasteiger partial charge on any atom is 0.225 e. The van der Waals surface area contributed by atoms with E-state index >= 15 is 0 Å². The third-order valence-corrected chi connectivity index (χ3v) is 4.81. The Morgan fingerprint density at radius 3 is 3.04 bits per heavy atom. The van der Waals surface area contributed by atoms with E-state index in [-0.39, 0.29) is 24.5 Å². The zero-order valence-electron chi connectivity index (χ0n) is 13.5. The molecule has 1 N–H and O–H groups in total. The van der Waals surface area contributed by atoms with Gasteiger partial charge in [-0.3, -0.25) is 4.79 Å². The second-order valence-electron chi connectivity index (χ2n) is 6.16. The third-order valence-electron chi connectivity index (χ3n) is 4.81. The van der Waals surface area contributed by atoms with E-state index in [0.29, 0.717) is 5.56 Å². The summed E-state index contributed by atoms with van der Waals surface area (Å²) in [6, 6.07) is 8.48. The number of nitrogens with one attached hydrogen (secondary N) is 1. The Morgan fingerprint density at radius 2 is 2.30 bits per heavy atom. The molecule has 1 saturated carbocycles. The molecular weight excluding hydrogens is 290 g/mol. The number of carbonyl (C=O) groups is 1. The summed E-state index contributed by atoms with van der Waals surface area (Å²) in [5.74, 6) is 0.253. The summed E-state index contributed by atoms with van der Waals surface area (Å²) in [6.07, 6.45) is 4.81. The van der Waals surface area contributed by atoms with Crippen molar-refractivity contribution in [2.45, 2.75) is 25.2 Å². The summed E-state index contributed by atoms with van der Waals surface area (Å²) in [7, 11) is 3.51. The van der Waals surface area contributed by atoms with Crippen molar-refractivity contribution >= 4 is 16.8 Å². The predicted octanol–water partition coefficient (Wildman–Crippen LogP) is 2.65. The lowest BCUT2D eigenvalue weighted by Crippen LogP contribution is -2.33. The summed E-state index contributed by atoms with van der Waals surface area (Å²) in [5.41, 5.74) is 2.88. The van der Waals surface area contributed by atoms with Gasteiger partial charge >= 0.3 is 0 Å². The Labute approximate surface area is 135 Å². The molecule has 5 nitrogen and oxygen atoms in total. The van der Waals surface area contributed by atoms with Gasteiger partial charge in [0.2, 0.25) is 5.91 Å². The number of methoxy groups -OCH3 is 1. The van der Waals surface area contributed by atoms with Crippen LogP contribution in [0.3, 0.4) is 0 Å². The first-order valence-corrected chi connectivity index (χ1v) is 7.91. The van der Waals surface area contributed by atoms with Crippen LogP contribution in [0.4, 0.5) is 0 Å². The predicted molar refractivity (Wildman–Crippen MR) is 87.7 cm³/mol. The van der Waals surface area contributed by atoms with E-state index in [2.05, 4.69) is 23.5 Å². The van der Waals surface area contributed by atoms with E-state index in [4.69, 9.17) is 4.74 Å². The molecule has 1 aliphatic rings. The average molecular weight is 311 g/mol. The fourth-order valence-electron chi connectivity index (χ4n) is 3.68. The fraction of sp³-hybridized carbons (Fsp3) is 0.444. The van der Waals surface area contributed by atoms with Gasteiger partial charge in [0.05, 0.1) is 5.56 Å². The number of rotatable bonds is 4. The van der Waals surface area contributed by atoms with Gasteiger partial charge in [-0.2, -0.15) is 5.26 Å². The van der Waals surface area contributed by atoms with Gasteiger partial charge in [0.25, 0.3) is 0 Å². The van der Waals surface area contributed by atoms with Crippen LogP contribution in [0.25, 0.3) is 10.9 Å². The molecule has 1 amide bonds. The molecule has 0 spiro atoms. The lowest BCUT2D eigenvalue weighted by Gasteiger charge is -2.19. The van der Waals surface area contributed by atoms with Crippen molar-refractivity contribution in [3.05, 3.63) is 35.5 Å². The van der Waals surface area contributed by atoms with Gasteiger partial charge in [-0.25, -0.2) is 0 Å². The van der Waals surface area contributed by atoms with E-state index in [1.807, 2.05) is 23.9 Å². The number of benzene rings is 1.